The van der Waals surface area contributed by atoms with E-state index in [1.165, 1.54) is 31.2 Å². The van der Waals surface area contributed by atoms with Crippen molar-refractivity contribution in [1.29, 1.82) is 0 Å². The van der Waals surface area contributed by atoms with Gasteiger partial charge in [0.05, 0.1) is 7.11 Å². The average Bonchev–Trinajstić information content (AvgIpc) is 2.93. The molecule has 1 unspecified atom stereocenters. The zero-order valence-electron chi connectivity index (χ0n) is 12.0. The van der Waals surface area contributed by atoms with Crippen molar-refractivity contribution < 1.29 is 4.74 Å². The summed E-state index contributed by atoms with van der Waals surface area (Å²) in [6.07, 6.45) is 7.37. The summed E-state index contributed by atoms with van der Waals surface area (Å²) in [5.41, 5.74) is 7.12. The molecule has 0 saturated heterocycles. The predicted octanol–water partition coefficient (Wildman–Crippen LogP) is 2.21. The van der Waals surface area contributed by atoms with Crippen LogP contribution in [0.4, 0.5) is 0 Å². The number of rotatable bonds is 6. The molecule has 0 radical (unpaired) electrons. The Balaban J connectivity index is 2.00. The number of likely N-dealkylation sites (N-methyl/N-ethyl adjacent to an activating group) is 1. The molecule has 1 atom stereocenters. The van der Waals surface area contributed by atoms with Gasteiger partial charge in [0.15, 0.2) is 0 Å². The van der Waals surface area contributed by atoms with Gasteiger partial charge in [-0.05, 0) is 31.4 Å². The number of hydrogen-bond donors (Lipinski definition) is 1. The van der Waals surface area contributed by atoms with Crippen molar-refractivity contribution in [2.24, 2.45) is 11.7 Å². The highest BCUT2D eigenvalue weighted by molar-refractivity contribution is 5.21. The molecule has 0 amide bonds. The Labute approximate surface area is 116 Å². The minimum Gasteiger partial charge on any atom is -0.481 e. The maximum Gasteiger partial charge on any atom is 0.212 e. The largest absolute Gasteiger partial charge is 0.481 e. The summed E-state index contributed by atoms with van der Waals surface area (Å²) < 4.78 is 5.09. The van der Waals surface area contributed by atoms with Crippen LogP contribution < -0.4 is 10.5 Å². The van der Waals surface area contributed by atoms with E-state index in [-0.39, 0.29) is 6.04 Å². The number of aromatic nitrogens is 1. The van der Waals surface area contributed by atoms with Crippen molar-refractivity contribution in [3.05, 3.63) is 23.9 Å². The molecular formula is C15H25N3O. The van der Waals surface area contributed by atoms with Gasteiger partial charge in [-0.25, -0.2) is 4.98 Å². The van der Waals surface area contributed by atoms with Crippen molar-refractivity contribution in [1.82, 2.24) is 9.88 Å². The van der Waals surface area contributed by atoms with Crippen molar-refractivity contribution in [3.63, 3.8) is 0 Å². The van der Waals surface area contributed by atoms with Gasteiger partial charge in [0, 0.05) is 31.4 Å². The van der Waals surface area contributed by atoms with Crippen molar-refractivity contribution >= 4 is 0 Å². The van der Waals surface area contributed by atoms with E-state index in [9.17, 15) is 0 Å². The van der Waals surface area contributed by atoms with Crippen LogP contribution in [0.5, 0.6) is 5.88 Å². The molecule has 0 aromatic carbocycles. The third-order valence-electron chi connectivity index (χ3n) is 4.13. The lowest BCUT2D eigenvalue weighted by Crippen LogP contribution is -2.33. The lowest BCUT2D eigenvalue weighted by atomic mass is 10.0. The van der Waals surface area contributed by atoms with E-state index < -0.39 is 0 Å². The first-order valence-electron chi connectivity index (χ1n) is 7.15. The second kappa shape index (κ2) is 6.87. The maximum atomic E-state index is 5.95. The summed E-state index contributed by atoms with van der Waals surface area (Å²) in [4.78, 5) is 6.65. The lowest BCUT2D eigenvalue weighted by molar-refractivity contribution is 0.212. The average molecular weight is 263 g/mol. The molecule has 1 fully saturated rings. The van der Waals surface area contributed by atoms with E-state index in [2.05, 4.69) is 23.0 Å². The molecule has 0 bridgehead atoms. The van der Waals surface area contributed by atoms with Crippen LogP contribution in [0.2, 0.25) is 0 Å². The Bertz CT molecular complexity index is 373. The smallest absolute Gasteiger partial charge is 0.212 e. The van der Waals surface area contributed by atoms with E-state index in [1.54, 1.807) is 7.11 Å². The molecule has 19 heavy (non-hydrogen) atoms. The zero-order valence-corrected chi connectivity index (χ0v) is 12.0. The standard InChI is InChI=1S/C15H25N3O/c1-18(11-12-5-3-4-6-12)14(9-16)13-7-8-15(19-2)17-10-13/h7-8,10,12,14H,3-6,9,11,16H2,1-2H3. The highest BCUT2D eigenvalue weighted by atomic mass is 16.5. The number of hydrogen-bond acceptors (Lipinski definition) is 4. The van der Waals surface area contributed by atoms with Gasteiger partial charge in [-0.1, -0.05) is 18.9 Å². The van der Waals surface area contributed by atoms with Gasteiger partial charge in [0.2, 0.25) is 5.88 Å². The maximum absolute atomic E-state index is 5.95. The summed E-state index contributed by atoms with van der Waals surface area (Å²) in [6, 6.07) is 4.22. The molecule has 1 aliphatic rings. The lowest BCUT2D eigenvalue weighted by Gasteiger charge is -2.29. The number of ether oxygens (including phenoxy) is 1. The number of methoxy groups -OCH3 is 1. The quantitative estimate of drug-likeness (QED) is 0.855. The topological polar surface area (TPSA) is 51.4 Å². The first-order valence-corrected chi connectivity index (χ1v) is 7.15. The minimum atomic E-state index is 0.249. The second-order valence-electron chi connectivity index (χ2n) is 5.48. The third-order valence-corrected chi connectivity index (χ3v) is 4.13. The van der Waals surface area contributed by atoms with Gasteiger partial charge in [0.1, 0.15) is 0 Å². The Morgan fingerprint density at radius 3 is 2.68 bits per heavy atom. The van der Waals surface area contributed by atoms with Crippen LogP contribution in [0.25, 0.3) is 0 Å². The SMILES string of the molecule is COc1ccc(C(CN)N(C)CC2CCCC2)cn1. The Morgan fingerprint density at radius 1 is 1.42 bits per heavy atom. The molecule has 1 heterocycles. The van der Waals surface area contributed by atoms with Gasteiger partial charge in [-0.15, -0.1) is 0 Å². The number of nitrogens with zero attached hydrogens (tertiary/aromatic N) is 2. The molecule has 106 valence electrons. The first kappa shape index (κ1) is 14.3. The predicted molar refractivity (Wildman–Crippen MR) is 77.2 cm³/mol. The van der Waals surface area contributed by atoms with E-state index in [0.717, 1.165) is 12.5 Å². The van der Waals surface area contributed by atoms with Gasteiger partial charge < -0.3 is 10.5 Å². The van der Waals surface area contributed by atoms with Crippen molar-refractivity contribution in [3.8, 4) is 5.88 Å². The van der Waals surface area contributed by atoms with Crippen LogP contribution in [-0.2, 0) is 0 Å². The van der Waals surface area contributed by atoms with E-state index in [4.69, 9.17) is 10.5 Å². The number of nitrogens with two attached hydrogens (primary N) is 1. The van der Waals surface area contributed by atoms with Gasteiger partial charge in [-0.2, -0.15) is 0 Å². The molecule has 4 heteroatoms. The molecular weight excluding hydrogens is 238 g/mol. The van der Waals surface area contributed by atoms with Gasteiger partial charge in [0.25, 0.3) is 0 Å². The summed E-state index contributed by atoms with van der Waals surface area (Å²) in [6.45, 7) is 1.76. The molecule has 1 aliphatic carbocycles. The number of pyridine rings is 1. The Hall–Kier alpha value is -1.13. The van der Waals surface area contributed by atoms with Crippen LogP contribution in [-0.4, -0.2) is 37.1 Å². The Kier molecular flexibility index (Phi) is 5.16. The monoisotopic (exact) mass is 263 g/mol. The second-order valence-corrected chi connectivity index (χ2v) is 5.48. The molecule has 1 aromatic rings. The summed E-state index contributed by atoms with van der Waals surface area (Å²) in [5.74, 6) is 1.49. The van der Waals surface area contributed by atoms with Crippen LogP contribution in [0.1, 0.15) is 37.3 Å². The molecule has 0 aliphatic heterocycles. The van der Waals surface area contributed by atoms with Crippen LogP contribution in [0, 0.1) is 5.92 Å². The highest BCUT2D eigenvalue weighted by Crippen LogP contribution is 2.28. The fraction of sp³-hybridized carbons (Fsp3) is 0.667. The molecule has 2 rings (SSSR count). The van der Waals surface area contributed by atoms with E-state index in [0.29, 0.717) is 12.4 Å². The fourth-order valence-corrected chi connectivity index (χ4v) is 3.01. The minimum absolute atomic E-state index is 0.249. The van der Waals surface area contributed by atoms with Crippen LogP contribution in [0.3, 0.4) is 0 Å². The summed E-state index contributed by atoms with van der Waals surface area (Å²) in [5, 5.41) is 0. The Morgan fingerprint density at radius 2 is 2.16 bits per heavy atom. The van der Waals surface area contributed by atoms with Crippen LogP contribution in [0.15, 0.2) is 18.3 Å². The summed E-state index contributed by atoms with van der Waals surface area (Å²) in [7, 11) is 3.80. The van der Waals surface area contributed by atoms with E-state index in [1.807, 2.05) is 12.3 Å². The van der Waals surface area contributed by atoms with Crippen LogP contribution >= 0.6 is 0 Å². The molecule has 1 saturated carbocycles. The van der Waals surface area contributed by atoms with Crippen molar-refractivity contribution in [2.45, 2.75) is 31.7 Å². The van der Waals surface area contributed by atoms with E-state index >= 15 is 0 Å². The molecule has 2 N–H and O–H groups in total. The molecule has 1 aromatic heterocycles. The fourth-order valence-electron chi connectivity index (χ4n) is 3.01. The first-order chi connectivity index (χ1) is 9.24. The van der Waals surface area contributed by atoms with Gasteiger partial charge in [-0.3, -0.25) is 4.90 Å². The molecule has 0 spiro atoms. The summed E-state index contributed by atoms with van der Waals surface area (Å²) >= 11 is 0. The third kappa shape index (κ3) is 3.67. The van der Waals surface area contributed by atoms with Crippen molar-refractivity contribution in [2.75, 3.05) is 27.2 Å². The highest BCUT2D eigenvalue weighted by Gasteiger charge is 2.22. The molecule has 4 nitrogen and oxygen atoms in total. The normalized spacial score (nSPS) is 17.9. The zero-order chi connectivity index (χ0) is 13.7. The van der Waals surface area contributed by atoms with Gasteiger partial charge >= 0.3 is 0 Å².